The van der Waals surface area contributed by atoms with Crippen LogP contribution in [0.1, 0.15) is 30.4 Å². The van der Waals surface area contributed by atoms with Crippen LogP contribution >= 0.6 is 0 Å². The van der Waals surface area contributed by atoms with Gasteiger partial charge >= 0.3 is 16.6 Å². The molecule has 0 aromatic heterocycles. The highest BCUT2D eigenvalue weighted by molar-refractivity contribution is 7.07. The number of rotatable bonds is 16. The fourth-order valence-corrected chi connectivity index (χ4v) is 14.9. The van der Waals surface area contributed by atoms with Gasteiger partial charge in [-0.2, -0.15) is 0 Å². The topological polar surface area (TPSA) is 43.2 Å². The smallest absolute Gasteiger partial charge is 0.380 e. The number of benzene rings is 8. The van der Waals surface area contributed by atoms with Gasteiger partial charge in [-0.3, -0.25) is 0 Å². The van der Waals surface area contributed by atoms with Gasteiger partial charge in [0, 0.05) is 0 Å². The molecule has 0 aliphatic carbocycles. The van der Waals surface area contributed by atoms with Crippen LogP contribution in [0.2, 0.25) is 0 Å². The van der Waals surface area contributed by atoms with Crippen molar-refractivity contribution in [1.82, 2.24) is 0 Å². The molecule has 0 amide bonds. The zero-order valence-corrected chi connectivity index (χ0v) is 34.9. The molecule has 0 aliphatic rings. The molecule has 0 saturated carbocycles. The lowest BCUT2D eigenvalue weighted by atomic mass is 10.0. The largest absolute Gasteiger partial charge is 0.438 e. The van der Waals surface area contributed by atoms with E-state index in [0.29, 0.717) is 12.8 Å². The maximum atomic E-state index is 7.16. The van der Waals surface area contributed by atoms with Crippen LogP contribution in [0.3, 0.4) is 0 Å². The van der Waals surface area contributed by atoms with Gasteiger partial charge in [0.1, 0.15) is 0 Å². The van der Waals surface area contributed by atoms with Gasteiger partial charge in [-0.1, -0.05) is 243 Å². The fourth-order valence-electron chi connectivity index (χ4n) is 7.77. The first-order valence-corrected chi connectivity index (χ1v) is 24.0. The van der Waals surface area contributed by atoms with Crippen molar-refractivity contribution in [3.05, 3.63) is 254 Å². The van der Waals surface area contributed by atoms with E-state index < -0.39 is 16.6 Å². The van der Waals surface area contributed by atoms with Crippen LogP contribution in [0.15, 0.2) is 253 Å². The van der Waals surface area contributed by atoms with Crippen LogP contribution in [0.5, 0.6) is 0 Å². The van der Waals surface area contributed by atoms with Crippen LogP contribution < -0.4 is 31.1 Å². The minimum Gasteiger partial charge on any atom is -0.438 e. The molecule has 59 heavy (non-hydrogen) atoms. The third-order valence-electron chi connectivity index (χ3n) is 10.7. The van der Waals surface area contributed by atoms with Gasteiger partial charge < -0.3 is 9.05 Å². The van der Waals surface area contributed by atoms with Crippen molar-refractivity contribution in [3.8, 4) is 0 Å². The molecular formula is C53H46N2O2Si2. The standard InChI is InChI=1S/C53H46N2O2Si2/c1-9-26-44(27-10-1)52(54-56-58(46-30-13-3-14-31-46,47-32-15-4-16-33-47)48-34-17-5-18-35-48)42-25-43-53(45-28-11-2-12-29-45)55-57-59(49-36-19-6-20-37-49,50-38-21-7-22-39-50)51-40-23-8-24-41-51/h1-24,26-41H,25,42-43H2. The minimum atomic E-state index is -3.09. The zero-order valence-electron chi connectivity index (χ0n) is 32.9. The second-order valence-electron chi connectivity index (χ2n) is 14.4. The summed E-state index contributed by atoms with van der Waals surface area (Å²) >= 11 is 0. The molecule has 8 aromatic carbocycles. The highest BCUT2D eigenvalue weighted by Crippen LogP contribution is 2.18. The first kappa shape index (κ1) is 39.0. The van der Waals surface area contributed by atoms with E-state index in [1.807, 2.05) is 12.1 Å². The first-order valence-electron chi connectivity index (χ1n) is 20.2. The van der Waals surface area contributed by atoms with Crippen molar-refractivity contribution in [1.29, 1.82) is 0 Å². The molecule has 4 nitrogen and oxygen atoms in total. The summed E-state index contributed by atoms with van der Waals surface area (Å²) in [4.78, 5) is 0. The molecule has 0 heterocycles. The number of hydrogen-bond acceptors (Lipinski definition) is 4. The van der Waals surface area contributed by atoms with Gasteiger partial charge in [-0.05, 0) is 61.5 Å². The normalized spacial score (nSPS) is 12.1. The predicted octanol–water partition coefficient (Wildman–Crippen LogP) is 8.33. The maximum absolute atomic E-state index is 7.16. The summed E-state index contributed by atoms with van der Waals surface area (Å²) in [6.07, 6.45) is 2.09. The first-order chi connectivity index (χ1) is 29.3. The molecule has 0 N–H and O–H groups in total. The summed E-state index contributed by atoms with van der Waals surface area (Å²) in [5.74, 6) is 0. The van der Waals surface area contributed by atoms with Crippen LogP contribution in [0.25, 0.3) is 0 Å². The number of oxime groups is 2. The molecule has 8 aromatic rings. The van der Waals surface area contributed by atoms with E-state index in [0.717, 1.165) is 60.1 Å². The van der Waals surface area contributed by atoms with E-state index in [1.54, 1.807) is 0 Å². The van der Waals surface area contributed by atoms with Crippen molar-refractivity contribution < 1.29 is 9.05 Å². The van der Waals surface area contributed by atoms with E-state index in [9.17, 15) is 0 Å². The Bertz CT molecular complexity index is 2170. The Morgan fingerprint density at radius 3 is 0.712 bits per heavy atom. The second-order valence-corrected chi connectivity index (χ2v) is 21.0. The molecule has 0 spiro atoms. The molecule has 0 radical (unpaired) electrons. The summed E-state index contributed by atoms with van der Waals surface area (Å²) < 4.78 is 14.3. The molecular weight excluding hydrogens is 753 g/mol. The predicted molar refractivity (Wildman–Crippen MR) is 250 cm³/mol. The molecule has 0 atom stereocenters. The highest BCUT2D eigenvalue weighted by Gasteiger charge is 2.46. The lowest BCUT2D eigenvalue weighted by Gasteiger charge is -2.30. The Morgan fingerprint density at radius 1 is 0.288 bits per heavy atom. The lowest BCUT2D eigenvalue weighted by Crippen LogP contribution is -2.68. The average molecular weight is 799 g/mol. The van der Waals surface area contributed by atoms with E-state index in [1.165, 1.54) is 0 Å². The second kappa shape index (κ2) is 19.1. The molecule has 8 rings (SSSR count). The third-order valence-corrected chi connectivity index (χ3v) is 18.3. The van der Waals surface area contributed by atoms with E-state index in [4.69, 9.17) is 19.4 Å². The van der Waals surface area contributed by atoms with Crippen molar-refractivity contribution in [3.63, 3.8) is 0 Å². The number of nitrogens with zero attached hydrogens (tertiary/aromatic N) is 2. The van der Waals surface area contributed by atoms with Crippen LogP contribution in [0.4, 0.5) is 0 Å². The van der Waals surface area contributed by atoms with E-state index >= 15 is 0 Å². The van der Waals surface area contributed by atoms with Crippen LogP contribution in [-0.4, -0.2) is 28.1 Å². The third kappa shape index (κ3) is 8.70. The van der Waals surface area contributed by atoms with Crippen molar-refractivity contribution >= 4 is 59.2 Å². The quantitative estimate of drug-likeness (QED) is 0.0428. The molecule has 0 fully saturated rings. The fraction of sp³-hybridized carbons (Fsp3) is 0.0566. The van der Waals surface area contributed by atoms with Crippen LogP contribution in [-0.2, 0) is 9.05 Å². The van der Waals surface area contributed by atoms with Gasteiger partial charge in [0.2, 0.25) is 0 Å². The molecule has 0 unspecified atom stereocenters. The Morgan fingerprint density at radius 2 is 0.492 bits per heavy atom. The van der Waals surface area contributed by atoms with Gasteiger partial charge in [0.15, 0.2) is 0 Å². The van der Waals surface area contributed by atoms with Gasteiger partial charge in [0.25, 0.3) is 0 Å². The van der Waals surface area contributed by atoms with E-state index in [2.05, 4.69) is 231 Å². The molecule has 0 aliphatic heterocycles. The van der Waals surface area contributed by atoms with Gasteiger partial charge in [-0.25, -0.2) is 0 Å². The summed E-state index contributed by atoms with van der Waals surface area (Å²) in [5, 5.41) is 17.2. The Balaban J connectivity index is 1.17. The summed E-state index contributed by atoms with van der Waals surface area (Å²) in [5.41, 5.74) is 3.84. The Labute approximate surface area is 350 Å². The molecule has 288 valence electrons. The van der Waals surface area contributed by atoms with Gasteiger partial charge in [0.05, 0.1) is 11.4 Å². The molecule has 0 bridgehead atoms. The summed E-state index contributed by atoms with van der Waals surface area (Å²) in [6, 6.07) is 84.3. The summed E-state index contributed by atoms with van der Waals surface area (Å²) in [6.45, 7) is 0. The zero-order chi connectivity index (χ0) is 40.0. The highest BCUT2D eigenvalue weighted by atomic mass is 28.4. The SMILES string of the molecule is c1ccc(C(CCCC(=NO[Si](c2ccccc2)(c2ccccc2)c2ccccc2)c2ccccc2)=NO[Si](c2ccccc2)(c2ccccc2)c2ccccc2)cc1. The average Bonchev–Trinajstić information content (AvgIpc) is 3.33. The Hall–Kier alpha value is -6.87. The molecule has 6 heteroatoms. The lowest BCUT2D eigenvalue weighted by molar-refractivity contribution is 0.346. The maximum Gasteiger partial charge on any atom is 0.380 e. The summed E-state index contributed by atoms with van der Waals surface area (Å²) in [7, 11) is -6.18. The van der Waals surface area contributed by atoms with Crippen molar-refractivity contribution in [2.24, 2.45) is 10.3 Å². The Kier molecular flexibility index (Phi) is 12.6. The van der Waals surface area contributed by atoms with Crippen molar-refractivity contribution in [2.45, 2.75) is 19.3 Å². The minimum absolute atomic E-state index is 0.664. The monoisotopic (exact) mass is 798 g/mol. The van der Waals surface area contributed by atoms with E-state index in [-0.39, 0.29) is 0 Å². The molecule has 0 saturated heterocycles. The van der Waals surface area contributed by atoms with Crippen molar-refractivity contribution in [2.75, 3.05) is 0 Å². The van der Waals surface area contributed by atoms with Gasteiger partial charge in [-0.15, -0.1) is 10.3 Å². The van der Waals surface area contributed by atoms with Crippen LogP contribution in [0, 0.1) is 0 Å². The number of hydrogen-bond donors (Lipinski definition) is 0.